The van der Waals surface area contributed by atoms with Crippen LogP contribution in [0, 0.1) is 29.6 Å². The molecule has 5 heteroatoms. The Hall–Kier alpha value is -2.27. The average molecular weight is 173 g/mol. The van der Waals surface area contributed by atoms with Crippen LogP contribution in [-0.2, 0) is 0 Å². The van der Waals surface area contributed by atoms with Crippen molar-refractivity contribution in [2.24, 2.45) is 0 Å². The van der Waals surface area contributed by atoms with E-state index in [9.17, 15) is 0 Å². The topological polar surface area (TPSA) is 88.3 Å². The van der Waals surface area contributed by atoms with Gasteiger partial charge in [-0.2, -0.15) is 10.5 Å². The van der Waals surface area contributed by atoms with E-state index in [1.165, 1.54) is 6.20 Å². The lowest BCUT2D eigenvalue weighted by Gasteiger charge is -1.92. The van der Waals surface area contributed by atoms with E-state index in [4.69, 9.17) is 10.5 Å². The molecule has 0 atom stereocenters. The molecule has 1 rings (SSSR count). The number of anilines is 1. The first kappa shape index (κ1) is 8.82. The highest BCUT2D eigenvalue weighted by molar-refractivity contribution is 5.43. The number of allylic oxidation sites excluding steroid dienone is 1. The van der Waals surface area contributed by atoms with Crippen molar-refractivity contribution in [1.82, 2.24) is 9.97 Å². The Kier molecular flexibility index (Phi) is 2.67. The molecule has 0 radical (unpaired) electrons. The second-order valence-electron chi connectivity index (χ2n) is 2.31. The summed E-state index contributed by atoms with van der Waals surface area (Å²) in [6, 6.07) is 3.46. The monoisotopic (exact) mass is 173 g/mol. The molecule has 5 nitrogen and oxygen atoms in total. The highest BCUT2D eigenvalue weighted by atomic mass is 15.0. The molecule has 0 saturated heterocycles. The minimum Gasteiger partial charge on any atom is -0.345 e. The van der Waals surface area contributed by atoms with Crippen molar-refractivity contribution in [3.05, 3.63) is 23.8 Å². The minimum absolute atomic E-state index is 0.0206. The highest BCUT2D eigenvalue weighted by Crippen LogP contribution is 2.02. The van der Waals surface area contributed by atoms with Crippen LogP contribution < -0.4 is 5.32 Å². The number of imidazole rings is 1. The summed E-state index contributed by atoms with van der Waals surface area (Å²) in [6.07, 6.45) is 2.91. The first-order chi connectivity index (χ1) is 6.26. The molecule has 1 aromatic rings. The van der Waals surface area contributed by atoms with Crippen molar-refractivity contribution >= 4 is 5.82 Å². The summed E-state index contributed by atoms with van der Waals surface area (Å²) in [7, 11) is 0. The summed E-state index contributed by atoms with van der Waals surface area (Å²) >= 11 is 0. The van der Waals surface area contributed by atoms with Crippen LogP contribution in [0.5, 0.6) is 0 Å². The molecule has 0 aliphatic carbocycles. The number of nitrogens with zero attached hydrogens (tertiary/aromatic N) is 3. The lowest BCUT2D eigenvalue weighted by molar-refractivity contribution is 1.15. The van der Waals surface area contributed by atoms with Gasteiger partial charge in [-0.05, 0) is 6.92 Å². The third kappa shape index (κ3) is 2.35. The van der Waals surface area contributed by atoms with Crippen LogP contribution in [0.2, 0.25) is 0 Å². The summed E-state index contributed by atoms with van der Waals surface area (Å²) in [5.74, 6) is 1.42. The molecule has 0 aliphatic heterocycles. The van der Waals surface area contributed by atoms with Crippen molar-refractivity contribution in [3.8, 4) is 12.1 Å². The molecule has 64 valence electrons. The van der Waals surface area contributed by atoms with E-state index in [-0.39, 0.29) is 5.57 Å². The smallest absolute Gasteiger partial charge is 0.145 e. The van der Waals surface area contributed by atoms with Crippen LogP contribution in [-0.4, -0.2) is 9.97 Å². The fourth-order valence-electron chi connectivity index (χ4n) is 0.734. The maximum atomic E-state index is 8.40. The van der Waals surface area contributed by atoms with Gasteiger partial charge in [-0.3, -0.25) is 0 Å². The summed E-state index contributed by atoms with van der Waals surface area (Å²) in [5.41, 5.74) is 0.0206. The van der Waals surface area contributed by atoms with Gasteiger partial charge in [0.2, 0.25) is 0 Å². The second kappa shape index (κ2) is 3.93. The second-order valence-corrected chi connectivity index (χ2v) is 2.31. The SMILES string of the molecule is Cc1ncc(NC=C(C#N)C#N)[nH]1. The lowest BCUT2D eigenvalue weighted by Crippen LogP contribution is -1.89. The van der Waals surface area contributed by atoms with Gasteiger partial charge in [0.15, 0.2) is 0 Å². The predicted octanol–water partition coefficient (Wildman–Crippen LogP) is 1.06. The number of aromatic nitrogens is 2. The van der Waals surface area contributed by atoms with Crippen LogP contribution in [0.25, 0.3) is 0 Å². The van der Waals surface area contributed by atoms with Crippen LogP contribution in [0.4, 0.5) is 5.82 Å². The van der Waals surface area contributed by atoms with E-state index in [0.29, 0.717) is 5.82 Å². The maximum Gasteiger partial charge on any atom is 0.145 e. The van der Waals surface area contributed by atoms with E-state index < -0.39 is 0 Å². The van der Waals surface area contributed by atoms with E-state index >= 15 is 0 Å². The number of aromatic amines is 1. The largest absolute Gasteiger partial charge is 0.345 e. The van der Waals surface area contributed by atoms with E-state index in [2.05, 4.69) is 15.3 Å². The number of nitriles is 2. The average Bonchev–Trinajstić information content (AvgIpc) is 2.53. The summed E-state index contributed by atoms with van der Waals surface area (Å²) in [5, 5.41) is 19.5. The van der Waals surface area contributed by atoms with Gasteiger partial charge in [0.25, 0.3) is 0 Å². The first-order valence-electron chi connectivity index (χ1n) is 3.55. The van der Waals surface area contributed by atoms with Gasteiger partial charge in [0.1, 0.15) is 29.4 Å². The van der Waals surface area contributed by atoms with Crippen molar-refractivity contribution in [1.29, 1.82) is 10.5 Å². The molecule has 0 unspecified atom stereocenters. The Morgan fingerprint density at radius 3 is 2.77 bits per heavy atom. The Bertz CT molecular complexity index is 385. The van der Waals surface area contributed by atoms with Crippen molar-refractivity contribution < 1.29 is 0 Å². The molecule has 2 N–H and O–H groups in total. The van der Waals surface area contributed by atoms with Gasteiger partial charge < -0.3 is 10.3 Å². The van der Waals surface area contributed by atoms with Crippen LogP contribution in [0.1, 0.15) is 5.82 Å². The molecule has 0 aliphatic rings. The molecule has 0 fully saturated rings. The Morgan fingerprint density at radius 1 is 1.62 bits per heavy atom. The van der Waals surface area contributed by atoms with E-state index in [1.54, 1.807) is 18.3 Å². The molecule has 13 heavy (non-hydrogen) atoms. The predicted molar refractivity (Wildman–Crippen MR) is 46.3 cm³/mol. The molecule has 1 aromatic heterocycles. The Morgan fingerprint density at radius 2 is 2.31 bits per heavy atom. The normalized spacial score (nSPS) is 8.23. The van der Waals surface area contributed by atoms with Gasteiger partial charge in [0.05, 0.1) is 6.20 Å². The third-order valence-corrected chi connectivity index (χ3v) is 1.32. The molecule has 0 amide bonds. The van der Waals surface area contributed by atoms with E-state index in [0.717, 1.165) is 5.82 Å². The van der Waals surface area contributed by atoms with Gasteiger partial charge >= 0.3 is 0 Å². The maximum absolute atomic E-state index is 8.40. The molecular weight excluding hydrogens is 166 g/mol. The van der Waals surface area contributed by atoms with Crippen LogP contribution in [0.15, 0.2) is 18.0 Å². The van der Waals surface area contributed by atoms with Crippen LogP contribution >= 0.6 is 0 Å². The molecular formula is C8H7N5. The van der Waals surface area contributed by atoms with Crippen molar-refractivity contribution in [3.63, 3.8) is 0 Å². The quantitative estimate of drug-likeness (QED) is 0.654. The molecule has 0 aromatic carbocycles. The van der Waals surface area contributed by atoms with Crippen molar-refractivity contribution in [2.75, 3.05) is 5.32 Å². The summed E-state index contributed by atoms with van der Waals surface area (Å²) < 4.78 is 0. The Balaban J connectivity index is 2.68. The number of hydrogen-bond donors (Lipinski definition) is 2. The minimum atomic E-state index is 0.0206. The number of rotatable bonds is 2. The molecule has 0 bridgehead atoms. The zero-order valence-electron chi connectivity index (χ0n) is 7.00. The fourth-order valence-corrected chi connectivity index (χ4v) is 0.734. The summed E-state index contributed by atoms with van der Waals surface area (Å²) in [6.45, 7) is 1.81. The van der Waals surface area contributed by atoms with Gasteiger partial charge in [0, 0.05) is 6.20 Å². The number of nitrogens with one attached hydrogen (secondary N) is 2. The number of H-pyrrole nitrogens is 1. The molecule has 1 heterocycles. The zero-order valence-corrected chi connectivity index (χ0v) is 7.00. The van der Waals surface area contributed by atoms with Crippen LogP contribution in [0.3, 0.4) is 0 Å². The number of hydrogen-bond acceptors (Lipinski definition) is 4. The fraction of sp³-hybridized carbons (Fsp3) is 0.125. The lowest BCUT2D eigenvalue weighted by atomic mass is 10.4. The summed E-state index contributed by atoms with van der Waals surface area (Å²) in [4.78, 5) is 6.83. The molecule has 0 saturated carbocycles. The highest BCUT2D eigenvalue weighted by Gasteiger charge is 1.94. The van der Waals surface area contributed by atoms with Gasteiger partial charge in [-0.1, -0.05) is 0 Å². The Labute approximate surface area is 75.3 Å². The number of aryl methyl sites for hydroxylation is 1. The van der Waals surface area contributed by atoms with Gasteiger partial charge in [-0.25, -0.2) is 4.98 Å². The first-order valence-corrected chi connectivity index (χ1v) is 3.55. The standard InChI is InChI=1S/C8H7N5/c1-6-11-5-8(13-6)12-4-7(2-9)3-10/h4-5,12H,1H3,(H,11,13). The molecule has 0 spiro atoms. The zero-order chi connectivity index (χ0) is 9.68. The van der Waals surface area contributed by atoms with Crippen molar-refractivity contribution in [2.45, 2.75) is 6.92 Å². The van der Waals surface area contributed by atoms with Gasteiger partial charge in [-0.15, -0.1) is 0 Å². The van der Waals surface area contributed by atoms with E-state index in [1.807, 2.05) is 6.92 Å². The third-order valence-electron chi connectivity index (χ3n) is 1.32.